The van der Waals surface area contributed by atoms with Gasteiger partial charge < -0.3 is 15.0 Å². The summed E-state index contributed by atoms with van der Waals surface area (Å²) in [5.41, 5.74) is 2.75. The van der Waals surface area contributed by atoms with Gasteiger partial charge in [0.2, 0.25) is 0 Å². The van der Waals surface area contributed by atoms with E-state index in [2.05, 4.69) is 30.2 Å². The minimum atomic E-state index is -0.159. The van der Waals surface area contributed by atoms with E-state index in [9.17, 15) is 4.79 Å². The molecular formula is C17H22N2O2. The van der Waals surface area contributed by atoms with Gasteiger partial charge in [-0.2, -0.15) is 0 Å². The first-order chi connectivity index (χ1) is 9.94. The summed E-state index contributed by atoms with van der Waals surface area (Å²) in [6.07, 6.45) is 3.51. The quantitative estimate of drug-likeness (QED) is 0.891. The van der Waals surface area contributed by atoms with Crippen molar-refractivity contribution in [1.82, 2.24) is 10.3 Å². The molecule has 1 aromatic heterocycles. The second kappa shape index (κ2) is 5.19. The molecule has 2 heterocycles. The Hall–Kier alpha value is -1.81. The molecule has 1 amide bonds. The van der Waals surface area contributed by atoms with Crippen molar-refractivity contribution in [2.24, 2.45) is 0 Å². The van der Waals surface area contributed by atoms with E-state index in [1.54, 1.807) is 6.20 Å². The molecule has 112 valence electrons. The minimum Gasteiger partial charge on any atom is -0.375 e. The number of aromatic amines is 1. The van der Waals surface area contributed by atoms with Crippen molar-refractivity contribution in [3.8, 4) is 0 Å². The summed E-state index contributed by atoms with van der Waals surface area (Å²) in [6.45, 7) is 6.88. The standard InChI is InChI=1S/C17H22N2O2/c1-11-4-5-13-14(10-18-15(13)8-11)16(20)19-12-6-7-21-17(2,3)9-12/h4-5,8,10,12,18H,6-7,9H2,1-3H3,(H,19,20). The lowest BCUT2D eigenvalue weighted by Gasteiger charge is -2.35. The number of hydrogen-bond donors (Lipinski definition) is 2. The number of amides is 1. The zero-order valence-corrected chi connectivity index (χ0v) is 12.8. The molecule has 0 saturated carbocycles. The lowest BCUT2D eigenvalue weighted by Crippen LogP contribution is -2.45. The first kappa shape index (κ1) is 14.1. The van der Waals surface area contributed by atoms with Crippen LogP contribution in [0.1, 0.15) is 42.6 Å². The largest absolute Gasteiger partial charge is 0.375 e. The van der Waals surface area contributed by atoms with Crippen LogP contribution in [0.5, 0.6) is 0 Å². The summed E-state index contributed by atoms with van der Waals surface area (Å²) in [5.74, 6) is -0.00666. The van der Waals surface area contributed by atoms with Crippen LogP contribution in [0.3, 0.4) is 0 Å². The first-order valence-electron chi connectivity index (χ1n) is 7.47. The fraction of sp³-hybridized carbons (Fsp3) is 0.471. The molecule has 1 aliphatic heterocycles. The van der Waals surface area contributed by atoms with Crippen LogP contribution < -0.4 is 5.32 Å². The number of carbonyl (C=O) groups excluding carboxylic acids is 1. The van der Waals surface area contributed by atoms with E-state index < -0.39 is 0 Å². The summed E-state index contributed by atoms with van der Waals surface area (Å²) in [7, 11) is 0. The zero-order valence-electron chi connectivity index (χ0n) is 12.8. The van der Waals surface area contributed by atoms with Crippen LogP contribution in [0, 0.1) is 6.92 Å². The fourth-order valence-electron chi connectivity index (χ4n) is 3.05. The first-order valence-corrected chi connectivity index (χ1v) is 7.47. The number of rotatable bonds is 2. The summed E-state index contributed by atoms with van der Waals surface area (Å²) in [4.78, 5) is 15.7. The Morgan fingerprint density at radius 3 is 3.00 bits per heavy atom. The van der Waals surface area contributed by atoms with E-state index in [1.807, 2.05) is 19.1 Å². The van der Waals surface area contributed by atoms with Crippen LogP contribution in [0.15, 0.2) is 24.4 Å². The number of carbonyl (C=O) groups is 1. The van der Waals surface area contributed by atoms with Gasteiger partial charge in [0.05, 0.1) is 11.2 Å². The number of H-pyrrole nitrogens is 1. The Morgan fingerprint density at radius 1 is 1.43 bits per heavy atom. The van der Waals surface area contributed by atoms with E-state index in [0.29, 0.717) is 12.2 Å². The molecule has 1 atom stereocenters. The summed E-state index contributed by atoms with van der Waals surface area (Å²) < 4.78 is 5.69. The van der Waals surface area contributed by atoms with Crippen molar-refractivity contribution in [3.63, 3.8) is 0 Å². The molecular weight excluding hydrogens is 264 g/mol. The van der Waals surface area contributed by atoms with Gasteiger partial charge in [0.15, 0.2) is 0 Å². The summed E-state index contributed by atoms with van der Waals surface area (Å²) in [5, 5.41) is 4.12. The van der Waals surface area contributed by atoms with Crippen molar-refractivity contribution in [2.45, 2.75) is 45.3 Å². The molecule has 3 rings (SSSR count). The maximum absolute atomic E-state index is 12.5. The predicted molar refractivity (Wildman–Crippen MR) is 83.6 cm³/mol. The molecule has 1 fully saturated rings. The Kier molecular flexibility index (Phi) is 3.49. The molecule has 0 bridgehead atoms. The number of fused-ring (bicyclic) bond motifs is 1. The highest BCUT2D eigenvalue weighted by Crippen LogP contribution is 2.25. The predicted octanol–water partition coefficient (Wildman–Crippen LogP) is 3.16. The Balaban J connectivity index is 1.78. The van der Waals surface area contributed by atoms with Crippen molar-refractivity contribution in [3.05, 3.63) is 35.5 Å². The lowest BCUT2D eigenvalue weighted by molar-refractivity contribution is -0.0615. The third-order valence-electron chi connectivity index (χ3n) is 4.11. The molecule has 21 heavy (non-hydrogen) atoms. The number of nitrogens with one attached hydrogen (secondary N) is 2. The molecule has 2 aromatic rings. The number of aromatic nitrogens is 1. The molecule has 4 nitrogen and oxygen atoms in total. The van der Waals surface area contributed by atoms with Crippen molar-refractivity contribution < 1.29 is 9.53 Å². The molecule has 1 aliphatic rings. The van der Waals surface area contributed by atoms with Crippen LogP contribution in [-0.4, -0.2) is 29.1 Å². The maximum atomic E-state index is 12.5. The van der Waals surface area contributed by atoms with E-state index in [0.717, 1.165) is 23.7 Å². The zero-order chi connectivity index (χ0) is 15.0. The van der Waals surface area contributed by atoms with Gasteiger partial charge in [-0.1, -0.05) is 12.1 Å². The minimum absolute atomic E-state index is 0.00666. The van der Waals surface area contributed by atoms with Crippen LogP contribution in [0.2, 0.25) is 0 Å². The van der Waals surface area contributed by atoms with Gasteiger partial charge >= 0.3 is 0 Å². The van der Waals surface area contributed by atoms with Crippen molar-refractivity contribution in [2.75, 3.05) is 6.61 Å². The lowest BCUT2D eigenvalue weighted by atomic mass is 9.93. The number of ether oxygens (including phenoxy) is 1. The van der Waals surface area contributed by atoms with E-state index >= 15 is 0 Å². The van der Waals surface area contributed by atoms with Gasteiger partial charge in [0.25, 0.3) is 5.91 Å². The van der Waals surface area contributed by atoms with E-state index in [1.165, 1.54) is 5.56 Å². The van der Waals surface area contributed by atoms with Crippen molar-refractivity contribution >= 4 is 16.8 Å². The molecule has 1 saturated heterocycles. The molecule has 0 aliphatic carbocycles. The van der Waals surface area contributed by atoms with Gasteiger partial charge in [0.1, 0.15) is 0 Å². The fourth-order valence-corrected chi connectivity index (χ4v) is 3.05. The number of hydrogen-bond acceptors (Lipinski definition) is 2. The second-order valence-corrected chi connectivity index (χ2v) is 6.52. The Bertz CT molecular complexity index is 672. The van der Waals surface area contributed by atoms with Crippen LogP contribution in [0.25, 0.3) is 10.9 Å². The van der Waals surface area contributed by atoms with E-state index in [-0.39, 0.29) is 17.6 Å². The normalized spacial score (nSPS) is 21.4. The van der Waals surface area contributed by atoms with Gasteiger partial charge in [-0.05, 0) is 45.2 Å². The summed E-state index contributed by atoms with van der Waals surface area (Å²) in [6, 6.07) is 6.27. The monoisotopic (exact) mass is 286 g/mol. The molecule has 1 unspecified atom stereocenters. The summed E-state index contributed by atoms with van der Waals surface area (Å²) >= 11 is 0. The molecule has 0 radical (unpaired) electrons. The SMILES string of the molecule is Cc1ccc2c(C(=O)NC3CCOC(C)(C)C3)c[nH]c2c1. The average Bonchev–Trinajstić information content (AvgIpc) is 2.80. The van der Waals surface area contributed by atoms with Crippen LogP contribution in [-0.2, 0) is 4.74 Å². The second-order valence-electron chi connectivity index (χ2n) is 6.52. The average molecular weight is 286 g/mol. The molecule has 2 N–H and O–H groups in total. The van der Waals surface area contributed by atoms with Crippen molar-refractivity contribution in [1.29, 1.82) is 0 Å². The van der Waals surface area contributed by atoms with Gasteiger partial charge in [-0.25, -0.2) is 0 Å². The van der Waals surface area contributed by atoms with Gasteiger partial charge in [-0.3, -0.25) is 4.79 Å². The highest BCUT2D eigenvalue weighted by molar-refractivity contribution is 6.06. The smallest absolute Gasteiger partial charge is 0.253 e. The third-order valence-corrected chi connectivity index (χ3v) is 4.11. The Morgan fingerprint density at radius 2 is 2.24 bits per heavy atom. The number of aryl methyl sites for hydroxylation is 1. The van der Waals surface area contributed by atoms with Gasteiger partial charge in [-0.15, -0.1) is 0 Å². The van der Waals surface area contributed by atoms with Crippen LogP contribution in [0.4, 0.5) is 0 Å². The third kappa shape index (κ3) is 2.95. The van der Waals surface area contributed by atoms with Gasteiger partial charge in [0, 0.05) is 29.7 Å². The van der Waals surface area contributed by atoms with E-state index in [4.69, 9.17) is 4.74 Å². The highest BCUT2D eigenvalue weighted by atomic mass is 16.5. The maximum Gasteiger partial charge on any atom is 0.253 e. The molecule has 4 heteroatoms. The molecule has 1 aromatic carbocycles. The molecule has 0 spiro atoms. The number of benzene rings is 1. The van der Waals surface area contributed by atoms with Crippen LogP contribution >= 0.6 is 0 Å². The topological polar surface area (TPSA) is 54.1 Å². The highest BCUT2D eigenvalue weighted by Gasteiger charge is 2.30. The Labute approximate surface area is 124 Å².